The molecule has 1 N–H and O–H groups in total. The summed E-state index contributed by atoms with van der Waals surface area (Å²) in [4.78, 5) is 26.7. The zero-order valence-corrected chi connectivity index (χ0v) is 13.8. The van der Waals surface area contributed by atoms with Crippen LogP contribution < -0.4 is 10.2 Å². The minimum absolute atomic E-state index is 0.0362. The zero-order chi connectivity index (χ0) is 15.0. The van der Waals surface area contributed by atoms with Crippen LogP contribution in [-0.4, -0.2) is 23.9 Å². The number of nitrogens with zero attached hydrogens (tertiary/aromatic N) is 1. The van der Waals surface area contributed by atoms with Crippen molar-refractivity contribution in [3.63, 3.8) is 0 Å². The average Bonchev–Trinajstić information content (AvgIpc) is 2.87. The Morgan fingerprint density at radius 3 is 2.67 bits per heavy atom. The highest BCUT2D eigenvalue weighted by molar-refractivity contribution is 9.10. The van der Waals surface area contributed by atoms with Gasteiger partial charge in [-0.3, -0.25) is 9.59 Å². The highest BCUT2D eigenvalue weighted by Crippen LogP contribution is 2.37. The highest BCUT2D eigenvalue weighted by Gasteiger charge is 2.47. The summed E-state index contributed by atoms with van der Waals surface area (Å²) in [6.45, 7) is 0.364. The van der Waals surface area contributed by atoms with Crippen molar-refractivity contribution in [1.82, 2.24) is 5.32 Å². The number of hydrogen-bond donors (Lipinski definition) is 1. The van der Waals surface area contributed by atoms with Crippen LogP contribution in [0.4, 0.5) is 5.69 Å². The van der Waals surface area contributed by atoms with Crippen LogP contribution >= 0.6 is 27.5 Å². The molecule has 0 aromatic heterocycles. The molecule has 2 fully saturated rings. The van der Waals surface area contributed by atoms with E-state index in [4.69, 9.17) is 11.6 Å². The number of rotatable bonds is 1. The molecule has 0 unspecified atom stereocenters. The Balaban J connectivity index is 2.02. The summed E-state index contributed by atoms with van der Waals surface area (Å²) >= 11 is 9.67. The van der Waals surface area contributed by atoms with Crippen molar-refractivity contribution >= 4 is 45.0 Å². The molecule has 2 amide bonds. The lowest BCUT2D eigenvalue weighted by Crippen LogP contribution is -2.55. The van der Waals surface area contributed by atoms with Gasteiger partial charge in [0, 0.05) is 17.4 Å². The van der Waals surface area contributed by atoms with Crippen LogP contribution in [0.5, 0.6) is 0 Å². The molecule has 1 heterocycles. The van der Waals surface area contributed by atoms with Crippen molar-refractivity contribution in [2.24, 2.45) is 0 Å². The molecule has 21 heavy (non-hydrogen) atoms. The first-order chi connectivity index (χ1) is 10.0. The Morgan fingerprint density at radius 1 is 1.24 bits per heavy atom. The molecular weight excluding hydrogens is 356 g/mol. The predicted molar refractivity (Wildman–Crippen MR) is 85.5 cm³/mol. The Labute approximate surface area is 137 Å². The van der Waals surface area contributed by atoms with Gasteiger partial charge in [0.1, 0.15) is 5.54 Å². The molecule has 2 aliphatic rings. The Hall–Kier alpha value is -1.07. The largest absolute Gasteiger partial charge is 0.342 e. The number of nitrogens with one attached hydrogen (secondary N) is 1. The second kappa shape index (κ2) is 5.61. The molecule has 1 saturated carbocycles. The van der Waals surface area contributed by atoms with Gasteiger partial charge in [0.2, 0.25) is 5.91 Å². The fourth-order valence-corrected chi connectivity index (χ4v) is 3.76. The van der Waals surface area contributed by atoms with E-state index in [0.717, 1.165) is 17.3 Å². The van der Waals surface area contributed by atoms with Crippen LogP contribution in [0.15, 0.2) is 22.7 Å². The molecule has 1 aliphatic carbocycles. The second-order valence-electron chi connectivity index (χ2n) is 5.64. The molecule has 1 spiro atoms. The van der Waals surface area contributed by atoms with Gasteiger partial charge < -0.3 is 10.2 Å². The van der Waals surface area contributed by atoms with Crippen molar-refractivity contribution in [3.8, 4) is 0 Å². The summed E-state index contributed by atoms with van der Waals surface area (Å²) in [6.07, 6.45) is 3.65. The fraction of sp³-hybridized carbons (Fsp3) is 0.467. The third-order valence-electron chi connectivity index (χ3n) is 4.25. The molecule has 1 saturated heterocycles. The maximum atomic E-state index is 13.0. The van der Waals surface area contributed by atoms with Crippen LogP contribution in [-0.2, 0) is 9.59 Å². The summed E-state index contributed by atoms with van der Waals surface area (Å²) in [7, 11) is 0. The minimum Gasteiger partial charge on any atom is -0.342 e. The monoisotopic (exact) mass is 370 g/mol. The van der Waals surface area contributed by atoms with Crippen molar-refractivity contribution < 1.29 is 9.59 Å². The van der Waals surface area contributed by atoms with Crippen LogP contribution in [0.2, 0.25) is 5.02 Å². The van der Waals surface area contributed by atoms with E-state index < -0.39 is 5.54 Å². The Bertz CT molecular complexity index is 599. The lowest BCUT2D eigenvalue weighted by Gasteiger charge is -2.32. The van der Waals surface area contributed by atoms with E-state index in [9.17, 15) is 9.59 Å². The van der Waals surface area contributed by atoms with E-state index in [0.29, 0.717) is 36.5 Å². The highest BCUT2D eigenvalue weighted by atomic mass is 79.9. The lowest BCUT2D eigenvalue weighted by molar-refractivity contribution is -0.129. The second-order valence-corrected chi connectivity index (χ2v) is 6.96. The number of hydrogen-bond acceptors (Lipinski definition) is 2. The molecule has 1 aromatic carbocycles. The summed E-state index contributed by atoms with van der Waals surface area (Å²) in [5.41, 5.74) is -0.0713. The molecule has 0 bridgehead atoms. The third-order valence-corrected chi connectivity index (χ3v) is 5.06. The average molecular weight is 372 g/mol. The number of anilines is 1. The first-order valence-corrected chi connectivity index (χ1v) is 8.27. The first kappa shape index (κ1) is 14.9. The number of benzene rings is 1. The SMILES string of the molecule is O=C1CCN(c2cc(Br)ccc2Cl)C(=O)C2(CCCC2)N1. The van der Waals surface area contributed by atoms with Gasteiger partial charge in [-0.25, -0.2) is 0 Å². The number of carbonyl (C=O) groups is 2. The molecule has 1 aliphatic heterocycles. The van der Waals surface area contributed by atoms with E-state index in [1.54, 1.807) is 11.0 Å². The molecule has 3 rings (SSSR count). The fourth-order valence-electron chi connectivity index (χ4n) is 3.20. The Morgan fingerprint density at radius 2 is 1.95 bits per heavy atom. The van der Waals surface area contributed by atoms with Crippen LogP contribution in [0.1, 0.15) is 32.1 Å². The van der Waals surface area contributed by atoms with Gasteiger partial charge in [-0.2, -0.15) is 0 Å². The molecular formula is C15H16BrClN2O2. The zero-order valence-electron chi connectivity index (χ0n) is 11.5. The summed E-state index contributed by atoms with van der Waals surface area (Å²) in [5, 5.41) is 3.48. The van der Waals surface area contributed by atoms with Crippen molar-refractivity contribution in [2.75, 3.05) is 11.4 Å². The van der Waals surface area contributed by atoms with Crippen molar-refractivity contribution in [3.05, 3.63) is 27.7 Å². The lowest BCUT2D eigenvalue weighted by atomic mass is 9.95. The van der Waals surface area contributed by atoms with Crippen LogP contribution in [0.3, 0.4) is 0 Å². The van der Waals surface area contributed by atoms with Gasteiger partial charge in [0.15, 0.2) is 0 Å². The van der Waals surface area contributed by atoms with E-state index in [1.165, 1.54) is 0 Å². The van der Waals surface area contributed by atoms with E-state index in [1.807, 2.05) is 12.1 Å². The van der Waals surface area contributed by atoms with Gasteiger partial charge >= 0.3 is 0 Å². The molecule has 0 atom stereocenters. The smallest absolute Gasteiger partial charge is 0.252 e. The Kier molecular flexibility index (Phi) is 3.97. The number of amides is 2. The minimum atomic E-state index is -0.737. The van der Waals surface area contributed by atoms with E-state index >= 15 is 0 Å². The summed E-state index contributed by atoms with van der Waals surface area (Å²) < 4.78 is 0.860. The number of carbonyl (C=O) groups excluding carboxylic acids is 2. The molecule has 112 valence electrons. The van der Waals surface area contributed by atoms with Gasteiger partial charge in [0.25, 0.3) is 5.91 Å². The summed E-state index contributed by atoms with van der Waals surface area (Å²) in [6, 6.07) is 5.43. The van der Waals surface area contributed by atoms with Gasteiger partial charge in [-0.05, 0) is 31.0 Å². The maximum absolute atomic E-state index is 13.0. The van der Waals surface area contributed by atoms with Gasteiger partial charge in [0.05, 0.1) is 10.7 Å². The topological polar surface area (TPSA) is 49.4 Å². The van der Waals surface area contributed by atoms with E-state index in [-0.39, 0.29) is 11.8 Å². The summed E-state index contributed by atoms with van der Waals surface area (Å²) in [5.74, 6) is -0.0929. The maximum Gasteiger partial charge on any atom is 0.252 e. The predicted octanol–water partition coefficient (Wildman–Crippen LogP) is 3.27. The quantitative estimate of drug-likeness (QED) is 0.823. The first-order valence-electron chi connectivity index (χ1n) is 7.10. The van der Waals surface area contributed by atoms with Gasteiger partial charge in [-0.15, -0.1) is 0 Å². The standard InChI is InChI=1S/C15H16BrClN2O2/c16-10-3-4-11(17)12(9-10)19-8-5-13(20)18-15(14(19)21)6-1-2-7-15/h3-4,9H,1-2,5-8H2,(H,18,20). The molecule has 1 aromatic rings. The molecule has 4 nitrogen and oxygen atoms in total. The normalized spacial score (nSPS) is 21.5. The van der Waals surface area contributed by atoms with Crippen molar-refractivity contribution in [2.45, 2.75) is 37.6 Å². The number of halogens is 2. The third kappa shape index (κ3) is 2.69. The van der Waals surface area contributed by atoms with Crippen molar-refractivity contribution in [1.29, 1.82) is 0 Å². The van der Waals surface area contributed by atoms with Gasteiger partial charge in [-0.1, -0.05) is 40.4 Å². The molecule has 6 heteroatoms. The van der Waals surface area contributed by atoms with Crippen LogP contribution in [0, 0.1) is 0 Å². The van der Waals surface area contributed by atoms with Crippen LogP contribution in [0.25, 0.3) is 0 Å². The van der Waals surface area contributed by atoms with E-state index in [2.05, 4.69) is 21.2 Å². The molecule has 0 radical (unpaired) electrons.